The zero-order valence-corrected chi connectivity index (χ0v) is 14.1. The molecule has 1 aliphatic rings. The smallest absolute Gasteiger partial charge is 0.311 e. The van der Waals surface area contributed by atoms with Gasteiger partial charge in [-0.25, -0.2) is 13.1 Å². The SMILES string of the molecule is CNS(=O)(=O)c1cc(C(=O)N2CCCC(C)(C(=O)O)C2)c(C)o1. The Balaban J connectivity index is 2.29. The highest BCUT2D eigenvalue weighted by Gasteiger charge is 2.40. The first kappa shape index (κ1) is 17.5. The Kier molecular flexibility index (Phi) is 4.54. The summed E-state index contributed by atoms with van der Waals surface area (Å²) >= 11 is 0. The van der Waals surface area contributed by atoms with Gasteiger partial charge in [-0.3, -0.25) is 9.59 Å². The average molecular weight is 344 g/mol. The molecule has 1 saturated heterocycles. The van der Waals surface area contributed by atoms with Gasteiger partial charge in [-0.1, -0.05) is 0 Å². The lowest BCUT2D eigenvalue weighted by atomic mass is 9.82. The third-order valence-corrected chi connectivity index (χ3v) is 5.43. The topological polar surface area (TPSA) is 117 Å². The lowest BCUT2D eigenvalue weighted by Crippen LogP contribution is -2.48. The summed E-state index contributed by atoms with van der Waals surface area (Å²) in [6.07, 6.45) is 1.07. The molecule has 0 aromatic carbocycles. The van der Waals surface area contributed by atoms with Crippen LogP contribution in [-0.2, 0) is 14.8 Å². The number of aryl methyl sites for hydroxylation is 1. The fourth-order valence-electron chi connectivity index (χ4n) is 2.66. The molecule has 0 radical (unpaired) electrons. The van der Waals surface area contributed by atoms with Gasteiger partial charge in [0.2, 0.25) is 5.09 Å². The second-order valence-electron chi connectivity index (χ2n) is 5.94. The van der Waals surface area contributed by atoms with E-state index in [4.69, 9.17) is 4.42 Å². The van der Waals surface area contributed by atoms with Gasteiger partial charge >= 0.3 is 5.97 Å². The van der Waals surface area contributed by atoms with E-state index in [9.17, 15) is 23.1 Å². The number of piperidine rings is 1. The summed E-state index contributed by atoms with van der Waals surface area (Å²) in [5, 5.41) is 8.99. The van der Waals surface area contributed by atoms with Gasteiger partial charge < -0.3 is 14.4 Å². The van der Waals surface area contributed by atoms with Crippen LogP contribution in [0.5, 0.6) is 0 Å². The Labute approximate surface area is 134 Å². The van der Waals surface area contributed by atoms with Crippen LogP contribution in [0.3, 0.4) is 0 Å². The van der Waals surface area contributed by atoms with Crippen LogP contribution in [0.25, 0.3) is 0 Å². The van der Waals surface area contributed by atoms with Crippen LogP contribution in [0, 0.1) is 12.3 Å². The number of carbonyl (C=O) groups excluding carboxylic acids is 1. The monoisotopic (exact) mass is 344 g/mol. The fourth-order valence-corrected chi connectivity index (χ4v) is 3.37. The molecule has 0 spiro atoms. The third kappa shape index (κ3) is 3.25. The Bertz CT molecular complexity index is 738. The molecule has 23 heavy (non-hydrogen) atoms. The number of hydrogen-bond acceptors (Lipinski definition) is 5. The molecule has 2 heterocycles. The molecule has 1 aliphatic heterocycles. The number of furan rings is 1. The molecule has 2 N–H and O–H groups in total. The minimum absolute atomic E-state index is 0.0832. The number of carboxylic acids is 1. The largest absolute Gasteiger partial charge is 0.481 e. The predicted molar refractivity (Wildman–Crippen MR) is 80.6 cm³/mol. The van der Waals surface area contributed by atoms with E-state index in [0.29, 0.717) is 19.4 Å². The van der Waals surface area contributed by atoms with E-state index >= 15 is 0 Å². The van der Waals surface area contributed by atoms with E-state index < -0.39 is 27.3 Å². The number of hydrogen-bond donors (Lipinski definition) is 2. The lowest BCUT2D eigenvalue weighted by molar-refractivity contribution is -0.150. The van der Waals surface area contributed by atoms with Crippen LogP contribution in [0.15, 0.2) is 15.6 Å². The van der Waals surface area contributed by atoms with Crippen molar-refractivity contribution in [2.45, 2.75) is 31.8 Å². The maximum atomic E-state index is 12.6. The number of likely N-dealkylation sites (tertiary alicyclic amines) is 1. The van der Waals surface area contributed by atoms with Crippen LogP contribution in [0.2, 0.25) is 0 Å². The second-order valence-corrected chi connectivity index (χ2v) is 7.76. The summed E-state index contributed by atoms with van der Waals surface area (Å²) < 4.78 is 30.8. The van der Waals surface area contributed by atoms with Gasteiger partial charge in [0.25, 0.3) is 15.9 Å². The zero-order chi connectivity index (χ0) is 17.4. The minimum atomic E-state index is -3.78. The summed E-state index contributed by atoms with van der Waals surface area (Å²) in [5.74, 6) is -1.18. The minimum Gasteiger partial charge on any atom is -0.481 e. The highest BCUT2D eigenvalue weighted by Crippen LogP contribution is 2.31. The summed E-state index contributed by atoms with van der Waals surface area (Å²) in [4.78, 5) is 25.4. The third-order valence-electron chi connectivity index (χ3n) is 4.16. The number of sulfonamides is 1. The Morgan fingerprint density at radius 1 is 1.43 bits per heavy atom. The number of aliphatic carboxylic acids is 1. The maximum Gasteiger partial charge on any atom is 0.311 e. The van der Waals surface area contributed by atoms with Gasteiger partial charge in [-0.05, 0) is 33.7 Å². The lowest BCUT2D eigenvalue weighted by Gasteiger charge is -2.37. The number of amides is 1. The molecular formula is C14H20N2O6S. The van der Waals surface area contributed by atoms with Crippen LogP contribution in [-0.4, -0.2) is 50.4 Å². The molecule has 1 atom stereocenters. The predicted octanol–water partition coefficient (Wildman–Crippen LogP) is 0.823. The van der Waals surface area contributed by atoms with E-state index in [0.717, 1.165) is 0 Å². The molecule has 1 fully saturated rings. The molecule has 1 aromatic heterocycles. The molecule has 128 valence electrons. The zero-order valence-electron chi connectivity index (χ0n) is 13.2. The van der Waals surface area contributed by atoms with Gasteiger partial charge in [0.1, 0.15) is 5.76 Å². The summed E-state index contributed by atoms with van der Waals surface area (Å²) in [7, 11) is -2.53. The van der Waals surface area contributed by atoms with Crippen molar-refractivity contribution in [3.8, 4) is 0 Å². The van der Waals surface area contributed by atoms with E-state index in [1.165, 1.54) is 24.9 Å². The summed E-state index contributed by atoms with van der Waals surface area (Å²) in [6, 6.07) is 1.18. The molecular weight excluding hydrogens is 324 g/mol. The van der Waals surface area contributed by atoms with Crippen molar-refractivity contribution in [1.82, 2.24) is 9.62 Å². The van der Waals surface area contributed by atoms with E-state index in [1.807, 2.05) is 0 Å². The van der Waals surface area contributed by atoms with E-state index in [2.05, 4.69) is 4.72 Å². The number of carbonyl (C=O) groups is 2. The number of nitrogens with zero attached hydrogens (tertiary/aromatic N) is 1. The van der Waals surface area contributed by atoms with Crippen LogP contribution in [0.4, 0.5) is 0 Å². The Hall–Kier alpha value is -1.87. The quantitative estimate of drug-likeness (QED) is 0.835. The van der Waals surface area contributed by atoms with Gasteiger partial charge in [-0.15, -0.1) is 0 Å². The fraction of sp³-hybridized carbons (Fsp3) is 0.571. The van der Waals surface area contributed by atoms with Crippen molar-refractivity contribution in [1.29, 1.82) is 0 Å². The van der Waals surface area contributed by atoms with Gasteiger partial charge in [0.05, 0.1) is 11.0 Å². The molecule has 0 saturated carbocycles. The first-order chi connectivity index (χ1) is 10.6. The Morgan fingerprint density at radius 2 is 2.09 bits per heavy atom. The standard InChI is InChI=1S/C14H20N2O6S/c1-9-10(7-11(22-9)23(20,21)15-3)12(17)16-6-4-5-14(2,8-16)13(18)19/h7,15H,4-6,8H2,1-3H3,(H,18,19). The normalized spacial score (nSPS) is 22.1. The molecule has 1 unspecified atom stereocenters. The molecule has 0 bridgehead atoms. The average Bonchev–Trinajstić information content (AvgIpc) is 2.89. The van der Waals surface area contributed by atoms with Crippen molar-refractivity contribution in [2.75, 3.05) is 20.1 Å². The van der Waals surface area contributed by atoms with E-state index in [1.54, 1.807) is 6.92 Å². The highest BCUT2D eigenvalue weighted by molar-refractivity contribution is 7.89. The number of rotatable bonds is 4. The number of carboxylic acid groups (broad SMARTS) is 1. The molecule has 8 nitrogen and oxygen atoms in total. The molecule has 2 rings (SSSR count). The highest BCUT2D eigenvalue weighted by atomic mass is 32.2. The van der Waals surface area contributed by atoms with E-state index in [-0.39, 0.29) is 23.0 Å². The summed E-state index contributed by atoms with van der Waals surface area (Å²) in [5.41, 5.74) is -0.862. The molecule has 9 heteroatoms. The molecule has 1 amide bonds. The van der Waals surface area contributed by atoms with Crippen LogP contribution < -0.4 is 4.72 Å². The van der Waals surface area contributed by atoms with Crippen molar-refractivity contribution in [3.63, 3.8) is 0 Å². The van der Waals surface area contributed by atoms with Gasteiger partial charge in [0.15, 0.2) is 0 Å². The van der Waals surface area contributed by atoms with Crippen molar-refractivity contribution in [3.05, 3.63) is 17.4 Å². The van der Waals surface area contributed by atoms with Gasteiger partial charge in [0, 0.05) is 19.2 Å². The van der Waals surface area contributed by atoms with Crippen molar-refractivity contribution in [2.24, 2.45) is 5.41 Å². The van der Waals surface area contributed by atoms with Crippen molar-refractivity contribution < 1.29 is 27.5 Å². The van der Waals surface area contributed by atoms with Gasteiger partial charge in [-0.2, -0.15) is 0 Å². The summed E-state index contributed by atoms with van der Waals surface area (Å²) in [6.45, 7) is 3.62. The molecule has 1 aromatic rings. The molecule has 0 aliphatic carbocycles. The second kappa shape index (κ2) is 5.97. The van der Waals surface area contributed by atoms with Crippen LogP contribution in [0.1, 0.15) is 35.9 Å². The first-order valence-electron chi connectivity index (χ1n) is 7.17. The van der Waals surface area contributed by atoms with Crippen LogP contribution >= 0.6 is 0 Å². The Morgan fingerprint density at radius 3 is 2.65 bits per heavy atom. The maximum absolute atomic E-state index is 12.6. The first-order valence-corrected chi connectivity index (χ1v) is 8.66. The van der Waals surface area contributed by atoms with Crippen molar-refractivity contribution >= 4 is 21.9 Å². The number of nitrogens with one attached hydrogen (secondary N) is 1.